The van der Waals surface area contributed by atoms with Gasteiger partial charge in [-0.2, -0.15) is 0 Å². The lowest BCUT2D eigenvalue weighted by Crippen LogP contribution is -2.35. The van der Waals surface area contributed by atoms with Crippen LogP contribution in [0.3, 0.4) is 0 Å². The van der Waals surface area contributed by atoms with Gasteiger partial charge in [0.25, 0.3) is 0 Å². The fraction of sp³-hybridized carbons (Fsp3) is 0.212. The van der Waals surface area contributed by atoms with Gasteiger partial charge in [0.1, 0.15) is 11.2 Å². The van der Waals surface area contributed by atoms with Crippen molar-refractivity contribution < 1.29 is 23.5 Å². The third-order valence-electron chi connectivity index (χ3n) is 7.33. The first-order chi connectivity index (χ1) is 21.4. The van der Waals surface area contributed by atoms with Crippen LogP contribution in [-0.4, -0.2) is 42.0 Å². The van der Waals surface area contributed by atoms with Crippen molar-refractivity contribution in [2.24, 2.45) is 5.41 Å². The molecule has 2 amide bonds. The lowest BCUT2D eigenvalue weighted by Gasteiger charge is -2.16. The summed E-state index contributed by atoms with van der Waals surface area (Å²) < 4.78 is 27.0. The molecule has 3 N–H and O–H groups in total. The Morgan fingerprint density at radius 2 is 1.73 bits per heavy atom. The minimum atomic E-state index is -1.17. The molecule has 2 aromatic carbocycles. The number of amides is 2. The molecular weight excluding hydrogens is 581 g/mol. The number of anilines is 2. The number of carbonyl (C=O) groups excluding carboxylic acids is 2. The first kappa shape index (κ1) is 29.4. The van der Waals surface area contributed by atoms with Crippen molar-refractivity contribution in [1.82, 2.24) is 15.3 Å². The Bertz CT molecular complexity index is 1790. The van der Waals surface area contributed by atoms with Gasteiger partial charge in [0.05, 0.1) is 27.4 Å². The van der Waals surface area contributed by atoms with Crippen LogP contribution in [0.4, 0.5) is 15.8 Å². The van der Waals surface area contributed by atoms with E-state index in [9.17, 15) is 9.59 Å². The summed E-state index contributed by atoms with van der Waals surface area (Å²) in [5.74, 6) is -1.04. The number of methoxy groups -OCH3 is 1. The van der Waals surface area contributed by atoms with Crippen LogP contribution in [0.1, 0.15) is 18.4 Å². The van der Waals surface area contributed by atoms with Crippen molar-refractivity contribution in [3.63, 3.8) is 0 Å². The number of pyridine rings is 2. The molecule has 11 heteroatoms. The lowest BCUT2D eigenvalue weighted by molar-refractivity contribution is -0.131. The maximum absolute atomic E-state index is 15.2. The first-order valence-electron chi connectivity index (χ1n) is 14.1. The van der Waals surface area contributed by atoms with Gasteiger partial charge in [-0.3, -0.25) is 19.6 Å². The van der Waals surface area contributed by atoms with E-state index in [1.807, 2.05) is 30.5 Å². The van der Waals surface area contributed by atoms with Gasteiger partial charge in [-0.15, -0.1) is 11.3 Å². The molecule has 0 radical (unpaired) electrons. The summed E-state index contributed by atoms with van der Waals surface area (Å²) >= 11 is 1.46. The summed E-state index contributed by atoms with van der Waals surface area (Å²) in [6.45, 7) is 2.10. The molecule has 44 heavy (non-hydrogen) atoms. The second-order valence-corrected chi connectivity index (χ2v) is 11.5. The number of carbonyl (C=O) groups is 2. The molecule has 224 valence electrons. The molecule has 0 spiro atoms. The highest BCUT2D eigenvalue weighted by molar-refractivity contribution is 7.22. The summed E-state index contributed by atoms with van der Waals surface area (Å²) in [4.78, 5) is 35.8. The van der Waals surface area contributed by atoms with Crippen molar-refractivity contribution in [2.45, 2.75) is 19.4 Å². The largest absolute Gasteiger partial charge is 0.453 e. The summed E-state index contributed by atoms with van der Waals surface area (Å²) in [7, 11) is 1.67. The molecule has 0 aliphatic heterocycles. The van der Waals surface area contributed by atoms with Gasteiger partial charge in [-0.25, -0.2) is 4.39 Å². The van der Waals surface area contributed by atoms with Crippen LogP contribution >= 0.6 is 11.3 Å². The van der Waals surface area contributed by atoms with Crippen molar-refractivity contribution in [2.75, 3.05) is 30.9 Å². The Morgan fingerprint density at radius 1 is 0.932 bits per heavy atom. The number of nitrogens with one attached hydrogen (secondary N) is 3. The van der Waals surface area contributed by atoms with E-state index in [-0.39, 0.29) is 17.3 Å². The number of nitrogens with zero attached hydrogens (tertiary/aromatic N) is 2. The van der Waals surface area contributed by atoms with Crippen molar-refractivity contribution in [1.29, 1.82) is 0 Å². The van der Waals surface area contributed by atoms with Crippen LogP contribution in [0.25, 0.3) is 20.8 Å². The number of fused-ring (bicyclic) bond motifs is 1. The first-order valence-corrected chi connectivity index (χ1v) is 15.0. The monoisotopic (exact) mass is 611 g/mol. The molecule has 0 unspecified atom stereocenters. The second kappa shape index (κ2) is 12.9. The van der Waals surface area contributed by atoms with Crippen LogP contribution in [-0.2, 0) is 20.9 Å². The van der Waals surface area contributed by atoms with Crippen LogP contribution in [0.15, 0.2) is 85.2 Å². The minimum Gasteiger partial charge on any atom is -0.453 e. The number of benzene rings is 2. The smallest absolute Gasteiger partial charge is 0.240 e. The van der Waals surface area contributed by atoms with E-state index in [0.29, 0.717) is 42.9 Å². The zero-order valence-electron chi connectivity index (χ0n) is 23.9. The zero-order chi connectivity index (χ0) is 30.5. The normalized spacial score (nSPS) is 13.4. The van der Waals surface area contributed by atoms with E-state index in [2.05, 4.69) is 25.9 Å². The van der Waals surface area contributed by atoms with Crippen LogP contribution in [0.5, 0.6) is 11.5 Å². The number of hydrogen-bond donors (Lipinski definition) is 3. The van der Waals surface area contributed by atoms with Crippen molar-refractivity contribution in [3.05, 3.63) is 96.6 Å². The number of halogens is 1. The van der Waals surface area contributed by atoms with Crippen molar-refractivity contribution in [3.8, 4) is 22.1 Å². The van der Waals surface area contributed by atoms with E-state index in [1.54, 1.807) is 49.7 Å². The third-order valence-corrected chi connectivity index (χ3v) is 8.49. The second-order valence-electron chi connectivity index (χ2n) is 10.5. The Kier molecular flexibility index (Phi) is 8.60. The Hall–Kier alpha value is -4.71. The van der Waals surface area contributed by atoms with Crippen LogP contribution in [0, 0.1) is 11.2 Å². The molecule has 0 saturated heterocycles. The predicted molar refractivity (Wildman–Crippen MR) is 168 cm³/mol. The van der Waals surface area contributed by atoms with E-state index in [1.165, 1.54) is 23.5 Å². The molecular formula is C33H30FN5O4S. The fourth-order valence-corrected chi connectivity index (χ4v) is 5.73. The average Bonchev–Trinajstić information content (AvgIpc) is 3.74. The van der Waals surface area contributed by atoms with E-state index in [4.69, 9.17) is 9.47 Å². The Labute approximate surface area is 257 Å². The molecule has 1 aliphatic carbocycles. The van der Waals surface area contributed by atoms with E-state index >= 15 is 4.39 Å². The van der Waals surface area contributed by atoms with Gasteiger partial charge in [-0.05, 0) is 54.8 Å². The maximum atomic E-state index is 15.2. The van der Waals surface area contributed by atoms with Gasteiger partial charge >= 0.3 is 0 Å². The van der Waals surface area contributed by atoms with Crippen molar-refractivity contribution >= 4 is 44.7 Å². The minimum absolute atomic E-state index is 0.00291. The number of aromatic nitrogens is 2. The quantitative estimate of drug-likeness (QED) is 0.111. The molecule has 0 atom stereocenters. The molecule has 0 bridgehead atoms. The molecule has 6 rings (SSSR count). The number of para-hydroxylation sites is 1. The van der Waals surface area contributed by atoms with Crippen LogP contribution < -0.4 is 20.7 Å². The number of ether oxygens (including phenoxy) is 2. The third kappa shape index (κ3) is 6.45. The van der Waals surface area contributed by atoms with Gasteiger partial charge in [0.2, 0.25) is 11.8 Å². The summed E-state index contributed by atoms with van der Waals surface area (Å²) in [5, 5.41) is 8.78. The molecule has 5 aromatic rings. The summed E-state index contributed by atoms with van der Waals surface area (Å²) in [6, 6.07) is 20.7. The highest BCUT2D eigenvalue weighted by Crippen LogP contribution is 2.47. The molecule has 1 saturated carbocycles. The molecule has 3 heterocycles. The molecule has 1 fully saturated rings. The average molecular weight is 612 g/mol. The number of hydrogen-bond acceptors (Lipinski definition) is 8. The Balaban J connectivity index is 1.12. The predicted octanol–water partition coefficient (Wildman–Crippen LogP) is 6.38. The SMILES string of the molecule is COCCNCc1ccc(-c2cc3nccc(Oc4ccc(NC(=O)C5(C(=O)Nc6ccccc6)CC5)cc4F)c3s2)nc1. The molecule has 9 nitrogen and oxygen atoms in total. The summed E-state index contributed by atoms with van der Waals surface area (Å²) in [5.41, 5.74) is 2.26. The van der Waals surface area contributed by atoms with E-state index in [0.717, 1.165) is 27.4 Å². The van der Waals surface area contributed by atoms with Gasteiger partial charge < -0.3 is 25.4 Å². The standard InChI is InChI=1S/C33H30FN5O4S/c1-42-16-15-35-19-21-7-9-25(37-20-21)29-18-26-30(44-29)28(11-14-36-26)43-27-10-8-23(17-24(27)34)39-32(41)33(12-13-33)31(40)38-22-5-3-2-4-6-22/h2-11,14,17-18,20,35H,12-13,15-16,19H2,1H3,(H,38,40)(H,39,41). The highest BCUT2D eigenvalue weighted by Gasteiger charge is 2.56. The summed E-state index contributed by atoms with van der Waals surface area (Å²) in [6.07, 6.45) is 4.29. The number of thiophene rings is 1. The maximum Gasteiger partial charge on any atom is 0.240 e. The van der Waals surface area contributed by atoms with E-state index < -0.39 is 17.1 Å². The van der Waals surface area contributed by atoms with Gasteiger partial charge in [-0.1, -0.05) is 24.3 Å². The topological polar surface area (TPSA) is 114 Å². The molecule has 1 aliphatic rings. The molecule has 3 aromatic heterocycles. The van der Waals surface area contributed by atoms with Crippen LogP contribution in [0.2, 0.25) is 0 Å². The van der Waals surface area contributed by atoms with Gasteiger partial charge in [0, 0.05) is 56.1 Å². The lowest BCUT2D eigenvalue weighted by atomic mass is 10.0. The van der Waals surface area contributed by atoms with Gasteiger partial charge in [0.15, 0.2) is 11.6 Å². The Morgan fingerprint density at radius 3 is 2.43 bits per heavy atom. The highest BCUT2D eigenvalue weighted by atomic mass is 32.1. The fourth-order valence-electron chi connectivity index (χ4n) is 4.69. The zero-order valence-corrected chi connectivity index (χ0v) is 24.7. The number of rotatable bonds is 12.